The molecule has 1 atom stereocenters. The van der Waals surface area contributed by atoms with Crippen molar-refractivity contribution in [2.45, 2.75) is 25.3 Å². The lowest BCUT2D eigenvalue weighted by Gasteiger charge is -2.10. The van der Waals surface area contributed by atoms with Gasteiger partial charge in [0.2, 0.25) is 0 Å². The van der Waals surface area contributed by atoms with E-state index in [0.29, 0.717) is 0 Å². The number of hydrogen-bond acceptors (Lipinski definition) is 4. The molecular weight excluding hydrogens is 230 g/mol. The van der Waals surface area contributed by atoms with E-state index >= 15 is 0 Å². The van der Waals surface area contributed by atoms with E-state index in [1.165, 1.54) is 4.72 Å². The van der Waals surface area contributed by atoms with Crippen molar-refractivity contribution in [2.75, 3.05) is 0 Å². The second-order valence-electron chi connectivity index (χ2n) is 2.77. The van der Waals surface area contributed by atoms with Crippen molar-refractivity contribution < 1.29 is 32.8 Å². The predicted octanol–water partition coefficient (Wildman–Crippen LogP) is -0.913. The maximum absolute atomic E-state index is 10.5. The third-order valence-electron chi connectivity index (χ3n) is 1.47. The first-order valence-corrected chi connectivity index (χ1v) is 5.35. The standard InChI is InChI=1S/C6H11NO7S/c8-5(9)3-1-2-4(6(10)11)7-15(12,13)14/h4,7H,1-3H2,(H,8,9)(H,10,11)(H,12,13,14)/t4-/m0/s1. The SMILES string of the molecule is O=C(O)CCC[C@H](NS(=O)(=O)O)C(=O)O. The van der Waals surface area contributed by atoms with Gasteiger partial charge >= 0.3 is 22.2 Å². The Balaban J connectivity index is 4.18. The lowest BCUT2D eigenvalue weighted by molar-refractivity contribution is -0.140. The number of carboxylic acids is 2. The van der Waals surface area contributed by atoms with Crippen LogP contribution in [0.3, 0.4) is 0 Å². The Bertz CT molecular complexity index is 335. The summed E-state index contributed by atoms with van der Waals surface area (Å²) in [6, 6.07) is -1.51. The van der Waals surface area contributed by atoms with Gasteiger partial charge in [-0.3, -0.25) is 14.1 Å². The molecule has 0 aliphatic rings. The molecule has 88 valence electrons. The average molecular weight is 241 g/mol. The van der Waals surface area contributed by atoms with E-state index in [-0.39, 0.29) is 19.3 Å². The first-order chi connectivity index (χ1) is 6.72. The molecule has 8 nitrogen and oxygen atoms in total. The van der Waals surface area contributed by atoms with E-state index in [2.05, 4.69) is 0 Å². The van der Waals surface area contributed by atoms with Crippen LogP contribution in [0.4, 0.5) is 0 Å². The third kappa shape index (κ3) is 7.85. The fourth-order valence-corrected chi connectivity index (χ4v) is 1.45. The van der Waals surface area contributed by atoms with Gasteiger partial charge in [0.15, 0.2) is 0 Å². The van der Waals surface area contributed by atoms with Crippen LogP contribution >= 0.6 is 0 Å². The number of aliphatic carboxylic acids is 2. The summed E-state index contributed by atoms with van der Waals surface area (Å²) >= 11 is 0. The fraction of sp³-hybridized carbons (Fsp3) is 0.667. The number of carbonyl (C=O) groups is 2. The Morgan fingerprint density at radius 2 is 1.80 bits per heavy atom. The van der Waals surface area contributed by atoms with Crippen LogP contribution in [0.2, 0.25) is 0 Å². The first kappa shape index (κ1) is 13.8. The Kier molecular flexibility index (Phi) is 5.19. The van der Waals surface area contributed by atoms with Crippen LogP contribution in [-0.2, 0) is 19.9 Å². The molecule has 0 aliphatic heterocycles. The van der Waals surface area contributed by atoms with Gasteiger partial charge in [-0.05, 0) is 12.8 Å². The molecule has 0 rings (SSSR count). The number of rotatable bonds is 7. The van der Waals surface area contributed by atoms with Crippen molar-refractivity contribution in [3.05, 3.63) is 0 Å². The Hall–Kier alpha value is -1.19. The number of nitrogens with one attached hydrogen (secondary N) is 1. The van der Waals surface area contributed by atoms with Gasteiger partial charge in [0.25, 0.3) is 0 Å². The van der Waals surface area contributed by atoms with E-state index in [9.17, 15) is 18.0 Å². The van der Waals surface area contributed by atoms with Gasteiger partial charge in [0.1, 0.15) is 6.04 Å². The summed E-state index contributed by atoms with van der Waals surface area (Å²) in [5, 5.41) is 16.8. The summed E-state index contributed by atoms with van der Waals surface area (Å²) in [7, 11) is -4.60. The van der Waals surface area contributed by atoms with E-state index in [1.54, 1.807) is 0 Å². The molecule has 0 heterocycles. The van der Waals surface area contributed by atoms with Gasteiger partial charge in [-0.2, -0.15) is 13.1 Å². The first-order valence-electron chi connectivity index (χ1n) is 3.91. The molecule has 0 aromatic rings. The molecule has 0 bridgehead atoms. The molecular formula is C6H11NO7S. The number of carboxylic acid groups (broad SMARTS) is 2. The monoisotopic (exact) mass is 241 g/mol. The minimum absolute atomic E-state index is 0.00514. The highest BCUT2D eigenvalue weighted by molar-refractivity contribution is 7.83. The van der Waals surface area contributed by atoms with E-state index in [1.807, 2.05) is 0 Å². The third-order valence-corrected chi connectivity index (χ3v) is 2.06. The van der Waals surface area contributed by atoms with Crippen molar-refractivity contribution in [2.24, 2.45) is 0 Å². The van der Waals surface area contributed by atoms with Crippen LogP contribution in [0.25, 0.3) is 0 Å². The molecule has 0 amide bonds. The minimum atomic E-state index is -4.60. The van der Waals surface area contributed by atoms with E-state index in [0.717, 1.165) is 0 Å². The zero-order chi connectivity index (χ0) is 12.1. The van der Waals surface area contributed by atoms with Crippen molar-refractivity contribution in [1.29, 1.82) is 0 Å². The van der Waals surface area contributed by atoms with Crippen molar-refractivity contribution in [3.63, 3.8) is 0 Å². The molecule has 15 heavy (non-hydrogen) atoms. The van der Waals surface area contributed by atoms with E-state index in [4.69, 9.17) is 14.8 Å². The summed E-state index contributed by atoms with van der Waals surface area (Å²) in [5.41, 5.74) is 0. The van der Waals surface area contributed by atoms with Gasteiger partial charge in [0.05, 0.1) is 0 Å². The van der Waals surface area contributed by atoms with Gasteiger partial charge in [-0.1, -0.05) is 0 Å². The van der Waals surface area contributed by atoms with Crippen LogP contribution in [0.15, 0.2) is 0 Å². The maximum atomic E-state index is 10.5. The highest BCUT2D eigenvalue weighted by Gasteiger charge is 2.22. The summed E-state index contributed by atoms with van der Waals surface area (Å²) in [6.45, 7) is 0. The van der Waals surface area contributed by atoms with Crippen molar-refractivity contribution >= 4 is 22.2 Å². The Morgan fingerprint density at radius 3 is 2.13 bits per heavy atom. The van der Waals surface area contributed by atoms with Gasteiger partial charge in [-0.15, -0.1) is 0 Å². The Labute approximate surface area is 85.8 Å². The molecule has 0 aromatic carbocycles. The largest absolute Gasteiger partial charge is 0.481 e. The lowest BCUT2D eigenvalue weighted by Crippen LogP contribution is -2.40. The number of hydrogen-bond donors (Lipinski definition) is 4. The molecule has 0 saturated heterocycles. The minimum Gasteiger partial charge on any atom is -0.481 e. The molecule has 0 saturated carbocycles. The fourth-order valence-electron chi connectivity index (χ4n) is 0.870. The van der Waals surface area contributed by atoms with Gasteiger partial charge < -0.3 is 10.2 Å². The van der Waals surface area contributed by atoms with Gasteiger partial charge in [-0.25, -0.2) is 0 Å². The maximum Gasteiger partial charge on any atom is 0.334 e. The predicted molar refractivity (Wildman–Crippen MR) is 47.6 cm³/mol. The molecule has 0 radical (unpaired) electrons. The zero-order valence-corrected chi connectivity index (χ0v) is 8.40. The average Bonchev–Trinajstić information content (AvgIpc) is 1.99. The molecule has 0 aromatic heterocycles. The van der Waals surface area contributed by atoms with Crippen LogP contribution in [0, 0.1) is 0 Å². The van der Waals surface area contributed by atoms with Crippen molar-refractivity contribution in [3.8, 4) is 0 Å². The topological polar surface area (TPSA) is 141 Å². The molecule has 0 aliphatic carbocycles. The summed E-state index contributed by atoms with van der Waals surface area (Å²) < 4.78 is 30.4. The van der Waals surface area contributed by atoms with Crippen LogP contribution in [-0.4, -0.2) is 41.2 Å². The van der Waals surface area contributed by atoms with Crippen LogP contribution in [0.1, 0.15) is 19.3 Å². The molecule has 0 unspecified atom stereocenters. The molecule has 0 fully saturated rings. The summed E-state index contributed by atoms with van der Waals surface area (Å²) in [6.07, 6.45) is -0.479. The van der Waals surface area contributed by atoms with Crippen LogP contribution in [0.5, 0.6) is 0 Å². The zero-order valence-electron chi connectivity index (χ0n) is 7.58. The van der Waals surface area contributed by atoms with Crippen molar-refractivity contribution in [1.82, 2.24) is 4.72 Å². The highest BCUT2D eigenvalue weighted by Crippen LogP contribution is 2.02. The summed E-state index contributed by atoms with van der Waals surface area (Å²) in [5.74, 6) is -2.58. The second-order valence-corrected chi connectivity index (χ2v) is 3.96. The summed E-state index contributed by atoms with van der Waals surface area (Å²) in [4.78, 5) is 20.6. The Morgan fingerprint density at radius 1 is 1.27 bits per heavy atom. The normalized spacial score (nSPS) is 13.4. The van der Waals surface area contributed by atoms with E-state index < -0.39 is 28.3 Å². The highest BCUT2D eigenvalue weighted by atomic mass is 32.2. The second kappa shape index (κ2) is 5.63. The quantitative estimate of drug-likeness (QED) is 0.422. The van der Waals surface area contributed by atoms with Crippen LogP contribution < -0.4 is 4.72 Å². The smallest absolute Gasteiger partial charge is 0.334 e. The lowest BCUT2D eigenvalue weighted by atomic mass is 10.1. The molecule has 0 spiro atoms. The molecule has 4 N–H and O–H groups in total. The van der Waals surface area contributed by atoms with Gasteiger partial charge in [0, 0.05) is 6.42 Å². The molecule has 9 heteroatoms.